The van der Waals surface area contributed by atoms with Crippen LogP contribution in [0.15, 0.2) is 18.2 Å². The molecule has 0 saturated heterocycles. The van der Waals surface area contributed by atoms with Crippen molar-refractivity contribution in [2.45, 2.75) is 32.6 Å². The zero-order valence-electron chi connectivity index (χ0n) is 10.1. The highest BCUT2D eigenvalue weighted by molar-refractivity contribution is 5.93. The number of nitrogens with two attached hydrogens (primary N) is 1. The molecule has 0 aliphatic rings. The van der Waals surface area contributed by atoms with Gasteiger partial charge in [0.15, 0.2) is 0 Å². The average Bonchev–Trinajstić information content (AvgIpc) is 2.28. The number of anilines is 1. The number of unbranched alkanes of at least 4 members (excludes halogenated alkanes) is 3. The SMILES string of the molecule is CCCCCCOc1ccc(C(=O)O)c(N)c1. The van der Waals surface area contributed by atoms with E-state index in [1.165, 1.54) is 18.9 Å². The summed E-state index contributed by atoms with van der Waals surface area (Å²) >= 11 is 0. The quantitative estimate of drug-likeness (QED) is 0.565. The van der Waals surface area contributed by atoms with E-state index in [9.17, 15) is 4.79 Å². The van der Waals surface area contributed by atoms with E-state index in [2.05, 4.69) is 6.92 Å². The third kappa shape index (κ3) is 4.34. The molecule has 0 atom stereocenters. The van der Waals surface area contributed by atoms with Gasteiger partial charge in [0.05, 0.1) is 12.2 Å². The molecule has 0 fully saturated rings. The summed E-state index contributed by atoms with van der Waals surface area (Å²) in [7, 11) is 0. The van der Waals surface area contributed by atoms with E-state index in [1.807, 2.05) is 0 Å². The molecule has 94 valence electrons. The number of carbonyl (C=O) groups is 1. The van der Waals surface area contributed by atoms with Crippen molar-refractivity contribution < 1.29 is 14.6 Å². The Bertz CT molecular complexity index is 377. The molecule has 0 aromatic heterocycles. The van der Waals surface area contributed by atoms with Crippen LogP contribution in [0.5, 0.6) is 5.75 Å². The van der Waals surface area contributed by atoms with Gasteiger partial charge in [-0.05, 0) is 18.6 Å². The summed E-state index contributed by atoms with van der Waals surface area (Å²) in [6.07, 6.45) is 4.57. The Hall–Kier alpha value is -1.71. The van der Waals surface area contributed by atoms with Gasteiger partial charge >= 0.3 is 5.97 Å². The fourth-order valence-electron chi connectivity index (χ4n) is 1.54. The number of aromatic carboxylic acids is 1. The standard InChI is InChI=1S/C13H19NO3/c1-2-3-4-5-8-17-10-6-7-11(13(15)16)12(14)9-10/h6-7,9H,2-5,8,14H2,1H3,(H,15,16). The lowest BCUT2D eigenvalue weighted by Crippen LogP contribution is -2.03. The van der Waals surface area contributed by atoms with E-state index in [0.717, 1.165) is 12.8 Å². The van der Waals surface area contributed by atoms with Crippen molar-refractivity contribution in [2.75, 3.05) is 12.3 Å². The maximum absolute atomic E-state index is 10.7. The molecule has 17 heavy (non-hydrogen) atoms. The van der Waals surface area contributed by atoms with Crippen molar-refractivity contribution in [1.82, 2.24) is 0 Å². The zero-order valence-corrected chi connectivity index (χ0v) is 10.1. The predicted octanol–water partition coefficient (Wildman–Crippen LogP) is 2.93. The van der Waals surface area contributed by atoms with Gasteiger partial charge in [0, 0.05) is 11.8 Å². The Balaban J connectivity index is 2.45. The fraction of sp³-hybridized carbons (Fsp3) is 0.462. The molecular formula is C13H19NO3. The monoisotopic (exact) mass is 237 g/mol. The molecule has 0 radical (unpaired) electrons. The summed E-state index contributed by atoms with van der Waals surface area (Å²) < 4.78 is 5.50. The number of carboxylic acid groups (broad SMARTS) is 1. The highest BCUT2D eigenvalue weighted by atomic mass is 16.5. The number of benzene rings is 1. The zero-order chi connectivity index (χ0) is 12.7. The Morgan fingerprint density at radius 3 is 2.71 bits per heavy atom. The van der Waals surface area contributed by atoms with Crippen LogP contribution in [-0.4, -0.2) is 17.7 Å². The Morgan fingerprint density at radius 2 is 2.12 bits per heavy atom. The molecule has 1 rings (SSSR count). The maximum atomic E-state index is 10.7. The molecule has 0 aliphatic carbocycles. The highest BCUT2D eigenvalue weighted by Gasteiger charge is 2.08. The number of hydrogen-bond acceptors (Lipinski definition) is 3. The first kappa shape index (κ1) is 13.4. The third-order valence-corrected chi connectivity index (χ3v) is 2.52. The number of nitrogen functional groups attached to an aromatic ring is 1. The molecule has 0 aliphatic heterocycles. The molecule has 1 aromatic carbocycles. The number of carboxylic acids is 1. The van der Waals surface area contributed by atoms with E-state index in [4.69, 9.17) is 15.6 Å². The molecule has 0 spiro atoms. The lowest BCUT2D eigenvalue weighted by atomic mass is 10.2. The Morgan fingerprint density at radius 1 is 1.35 bits per heavy atom. The van der Waals surface area contributed by atoms with Gasteiger partial charge in [-0.25, -0.2) is 4.79 Å². The van der Waals surface area contributed by atoms with Gasteiger partial charge in [-0.1, -0.05) is 26.2 Å². The van der Waals surface area contributed by atoms with Crippen LogP contribution in [0.3, 0.4) is 0 Å². The van der Waals surface area contributed by atoms with Crippen LogP contribution in [0.4, 0.5) is 5.69 Å². The summed E-state index contributed by atoms with van der Waals surface area (Å²) in [5.74, 6) is -0.388. The Labute approximate surface area is 101 Å². The summed E-state index contributed by atoms with van der Waals surface area (Å²) in [4.78, 5) is 10.7. The van der Waals surface area contributed by atoms with Crippen molar-refractivity contribution in [3.8, 4) is 5.75 Å². The van der Waals surface area contributed by atoms with Crippen molar-refractivity contribution in [3.63, 3.8) is 0 Å². The predicted molar refractivity (Wildman–Crippen MR) is 67.5 cm³/mol. The van der Waals surface area contributed by atoms with Crippen LogP contribution in [0, 0.1) is 0 Å². The first-order chi connectivity index (χ1) is 8.15. The molecular weight excluding hydrogens is 218 g/mol. The summed E-state index contributed by atoms with van der Waals surface area (Å²) in [5, 5.41) is 8.81. The van der Waals surface area contributed by atoms with E-state index in [-0.39, 0.29) is 11.3 Å². The molecule has 0 bridgehead atoms. The number of rotatable bonds is 7. The first-order valence-corrected chi connectivity index (χ1v) is 5.90. The van der Waals surface area contributed by atoms with Crippen LogP contribution in [-0.2, 0) is 0 Å². The van der Waals surface area contributed by atoms with Crippen LogP contribution >= 0.6 is 0 Å². The molecule has 0 unspecified atom stereocenters. The van der Waals surface area contributed by atoms with Crippen molar-refractivity contribution in [2.24, 2.45) is 0 Å². The number of hydrogen-bond donors (Lipinski definition) is 2. The normalized spacial score (nSPS) is 10.2. The second-order valence-electron chi connectivity index (χ2n) is 3.96. The molecule has 0 heterocycles. The fourth-order valence-corrected chi connectivity index (χ4v) is 1.54. The van der Waals surface area contributed by atoms with Gasteiger partial charge in [0.25, 0.3) is 0 Å². The second kappa shape index (κ2) is 6.78. The van der Waals surface area contributed by atoms with Crippen molar-refractivity contribution in [1.29, 1.82) is 0 Å². The summed E-state index contributed by atoms with van der Waals surface area (Å²) in [5.41, 5.74) is 5.97. The lowest BCUT2D eigenvalue weighted by molar-refractivity contribution is 0.0698. The third-order valence-electron chi connectivity index (χ3n) is 2.52. The van der Waals surface area contributed by atoms with Crippen LogP contribution in [0.25, 0.3) is 0 Å². The second-order valence-corrected chi connectivity index (χ2v) is 3.96. The summed E-state index contributed by atoms with van der Waals surface area (Å²) in [6, 6.07) is 4.67. The smallest absolute Gasteiger partial charge is 0.337 e. The average molecular weight is 237 g/mol. The largest absolute Gasteiger partial charge is 0.494 e. The molecule has 4 nitrogen and oxygen atoms in total. The van der Waals surface area contributed by atoms with E-state index < -0.39 is 5.97 Å². The Kier molecular flexibility index (Phi) is 5.33. The van der Waals surface area contributed by atoms with E-state index in [0.29, 0.717) is 12.4 Å². The van der Waals surface area contributed by atoms with Crippen molar-refractivity contribution in [3.05, 3.63) is 23.8 Å². The molecule has 0 amide bonds. The van der Waals surface area contributed by atoms with Gasteiger partial charge in [-0.2, -0.15) is 0 Å². The minimum Gasteiger partial charge on any atom is -0.494 e. The van der Waals surface area contributed by atoms with Crippen LogP contribution in [0.2, 0.25) is 0 Å². The van der Waals surface area contributed by atoms with E-state index in [1.54, 1.807) is 12.1 Å². The van der Waals surface area contributed by atoms with Crippen molar-refractivity contribution >= 4 is 11.7 Å². The van der Waals surface area contributed by atoms with E-state index >= 15 is 0 Å². The molecule has 0 saturated carbocycles. The van der Waals surface area contributed by atoms with Gasteiger partial charge in [0.2, 0.25) is 0 Å². The minimum absolute atomic E-state index is 0.114. The van der Waals surface area contributed by atoms with Gasteiger partial charge in [0.1, 0.15) is 5.75 Å². The topological polar surface area (TPSA) is 72.5 Å². The highest BCUT2D eigenvalue weighted by Crippen LogP contribution is 2.20. The summed E-state index contributed by atoms with van der Waals surface area (Å²) in [6.45, 7) is 2.80. The maximum Gasteiger partial charge on any atom is 0.337 e. The molecule has 4 heteroatoms. The van der Waals surface area contributed by atoms with Crippen LogP contribution in [0.1, 0.15) is 43.0 Å². The molecule has 3 N–H and O–H groups in total. The first-order valence-electron chi connectivity index (χ1n) is 5.90. The van der Waals surface area contributed by atoms with Gasteiger partial charge < -0.3 is 15.6 Å². The van der Waals surface area contributed by atoms with Gasteiger partial charge in [-0.3, -0.25) is 0 Å². The molecule has 1 aromatic rings. The van der Waals surface area contributed by atoms with Crippen LogP contribution < -0.4 is 10.5 Å². The minimum atomic E-state index is -1.02. The lowest BCUT2D eigenvalue weighted by Gasteiger charge is -2.08. The van der Waals surface area contributed by atoms with Gasteiger partial charge in [-0.15, -0.1) is 0 Å². The number of ether oxygens (including phenoxy) is 1.